The van der Waals surface area contributed by atoms with Crippen molar-refractivity contribution in [1.29, 1.82) is 0 Å². The van der Waals surface area contributed by atoms with E-state index in [2.05, 4.69) is 10.9 Å². The third-order valence-corrected chi connectivity index (χ3v) is 1.92. The molecule has 1 nitrogen and oxygen atoms in total. The van der Waals surface area contributed by atoms with Crippen molar-refractivity contribution in [2.45, 2.75) is 26.2 Å². The van der Waals surface area contributed by atoms with E-state index in [1.807, 2.05) is 32.9 Å². The molecule has 1 aromatic rings. The molecule has 0 aromatic carbocycles. The van der Waals surface area contributed by atoms with Gasteiger partial charge in [-0.2, -0.15) is 0 Å². The Morgan fingerprint density at radius 2 is 2.17 bits per heavy atom. The number of pyridine rings is 1. The van der Waals surface area contributed by atoms with Crippen molar-refractivity contribution in [2.75, 3.05) is 0 Å². The summed E-state index contributed by atoms with van der Waals surface area (Å²) in [5.74, 6) is 2.72. The van der Waals surface area contributed by atoms with Gasteiger partial charge in [0.1, 0.15) is 0 Å². The van der Waals surface area contributed by atoms with E-state index < -0.39 is 0 Å². The highest BCUT2D eigenvalue weighted by Crippen LogP contribution is 2.19. The lowest BCUT2D eigenvalue weighted by atomic mass is 9.89. The Morgan fingerprint density at radius 1 is 1.50 bits per heavy atom. The zero-order chi connectivity index (χ0) is 9.19. The van der Waals surface area contributed by atoms with Gasteiger partial charge in [0.2, 0.25) is 0 Å². The summed E-state index contributed by atoms with van der Waals surface area (Å²) >= 11 is 0. The third-order valence-electron chi connectivity index (χ3n) is 1.92. The van der Waals surface area contributed by atoms with Crippen LogP contribution in [0.15, 0.2) is 18.3 Å². The lowest BCUT2D eigenvalue weighted by molar-refractivity contribution is 0.669. The molecule has 1 aromatic heterocycles. The Hall–Kier alpha value is -1.29. The van der Waals surface area contributed by atoms with E-state index >= 15 is 0 Å². The second-order valence-corrected chi connectivity index (χ2v) is 3.49. The minimum atomic E-state index is -0.258. The highest BCUT2D eigenvalue weighted by Gasteiger charge is 2.18. The van der Waals surface area contributed by atoms with Gasteiger partial charge >= 0.3 is 0 Å². The number of rotatable bonds is 1. The van der Waals surface area contributed by atoms with Gasteiger partial charge in [-0.15, -0.1) is 6.42 Å². The molecule has 62 valence electrons. The maximum Gasteiger partial charge on any atom is 0.0675 e. The summed E-state index contributed by atoms with van der Waals surface area (Å²) in [6.45, 7) is 6.03. The van der Waals surface area contributed by atoms with Crippen LogP contribution in [0.3, 0.4) is 0 Å². The fourth-order valence-corrected chi connectivity index (χ4v) is 0.952. The van der Waals surface area contributed by atoms with Crippen LogP contribution in [0.5, 0.6) is 0 Å². The van der Waals surface area contributed by atoms with E-state index in [4.69, 9.17) is 6.42 Å². The van der Waals surface area contributed by atoms with Gasteiger partial charge in [0.05, 0.1) is 11.1 Å². The highest BCUT2D eigenvalue weighted by molar-refractivity contribution is 5.28. The van der Waals surface area contributed by atoms with Crippen molar-refractivity contribution >= 4 is 0 Å². The summed E-state index contributed by atoms with van der Waals surface area (Å²) in [6, 6.07) is 4.00. The van der Waals surface area contributed by atoms with Crippen LogP contribution in [0, 0.1) is 19.3 Å². The molecule has 0 spiro atoms. The van der Waals surface area contributed by atoms with E-state index in [1.165, 1.54) is 5.56 Å². The van der Waals surface area contributed by atoms with Gasteiger partial charge < -0.3 is 0 Å². The predicted octanol–water partition coefficient (Wildman–Crippen LogP) is 2.30. The third kappa shape index (κ3) is 1.65. The van der Waals surface area contributed by atoms with Crippen molar-refractivity contribution < 1.29 is 0 Å². The van der Waals surface area contributed by atoms with Gasteiger partial charge in [0.15, 0.2) is 0 Å². The van der Waals surface area contributed by atoms with Crippen LogP contribution in [0.4, 0.5) is 0 Å². The molecule has 1 heteroatoms. The normalized spacial score (nSPS) is 10.8. The molecule has 0 aliphatic heterocycles. The second kappa shape index (κ2) is 2.98. The van der Waals surface area contributed by atoms with E-state index in [1.54, 1.807) is 6.20 Å². The molecule has 0 atom stereocenters. The molecular weight excluding hydrogens is 146 g/mol. The first-order chi connectivity index (χ1) is 5.56. The summed E-state index contributed by atoms with van der Waals surface area (Å²) in [7, 11) is 0. The van der Waals surface area contributed by atoms with Crippen molar-refractivity contribution in [2.24, 2.45) is 0 Å². The summed E-state index contributed by atoms with van der Waals surface area (Å²) < 4.78 is 0. The summed E-state index contributed by atoms with van der Waals surface area (Å²) in [6.07, 6.45) is 7.19. The quantitative estimate of drug-likeness (QED) is 0.573. The first-order valence-corrected chi connectivity index (χ1v) is 3.97. The molecule has 0 bridgehead atoms. The Labute approximate surface area is 73.8 Å². The molecule has 0 N–H and O–H groups in total. The van der Waals surface area contributed by atoms with Crippen molar-refractivity contribution in [3.8, 4) is 12.3 Å². The van der Waals surface area contributed by atoms with Crippen LogP contribution in [-0.2, 0) is 5.41 Å². The van der Waals surface area contributed by atoms with E-state index in [9.17, 15) is 0 Å². The standard InChI is InChI=1S/C11H13N/c1-5-11(3,4)10-8-9(2)6-7-12-10/h1,6-8H,2-4H3. The molecule has 0 unspecified atom stereocenters. The molecule has 0 aliphatic carbocycles. The van der Waals surface area contributed by atoms with Gasteiger partial charge in [0.25, 0.3) is 0 Å². The Morgan fingerprint density at radius 3 is 2.67 bits per heavy atom. The maximum absolute atomic E-state index is 5.40. The van der Waals surface area contributed by atoms with Gasteiger partial charge in [0, 0.05) is 6.20 Å². The first-order valence-electron chi connectivity index (χ1n) is 3.97. The lowest BCUT2D eigenvalue weighted by Crippen LogP contribution is -2.15. The molecule has 1 heterocycles. The van der Waals surface area contributed by atoms with Crippen molar-refractivity contribution in [3.05, 3.63) is 29.6 Å². The minimum Gasteiger partial charge on any atom is -0.260 e. The first kappa shape index (κ1) is 8.80. The molecule has 0 amide bonds. The number of terminal acetylenes is 1. The van der Waals surface area contributed by atoms with Gasteiger partial charge in [-0.3, -0.25) is 4.98 Å². The maximum atomic E-state index is 5.40. The van der Waals surface area contributed by atoms with Crippen molar-refractivity contribution in [1.82, 2.24) is 4.98 Å². The zero-order valence-electron chi connectivity index (χ0n) is 7.76. The van der Waals surface area contributed by atoms with E-state index in [-0.39, 0.29) is 5.41 Å². The Balaban J connectivity index is 3.14. The fourth-order valence-electron chi connectivity index (χ4n) is 0.952. The SMILES string of the molecule is C#CC(C)(C)c1cc(C)ccn1. The molecule has 0 fully saturated rings. The van der Waals surface area contributed by atoms with Crippen LogP contribution < -0.4 is 0 Å². The van der Waals surface area contributed by atoms with E-state index in [0.29, 0.717) is 0 Å². The molecule has 0 radical (unpaired) electrons. The number of aromatic nitrogens is 1. The van der Waals surface area contributed by atoms with Crippen LogP contribution in [0.2, 0.25) is 0 Å². The topological polar surface area (TPSA) is 12.9 Å². The molecule has 0 saturated heterocycles. The van der Waals surface area contributed by atoms with Crippen LogP contribution in [0.25, 0.3) is 0 Å². The molecule has 0 saturated carbocycles. The highest BCUT2D eigenvalue weighted by atomic mass is 14.7. The number of hydrogen-bond acceptors (Lipinski definition) is 1. The van der Waals surface area contributed by atoms with Gasteiger partial charge in [-0.25, -0.2) is 0 Å². The van der Waals surface area contributed by atoms with Crippen LogP contribution in [-0.4, -0.2) is 4.98 Å². The van der Waals surface area contributed by atoms with E-state index in [0.717, 1.165) is 5.69 Å². The predicted molar refractivity (Wildman–Crippen MR) is 50.8 cm³/mol. The van der Waals surface area contributed by atoms with Gasteiger partial charge in [-0.1, -0.05) is 5.92 Å². The number of aryl methyl sites for hydroxylation is 1. The Bertz CT molecular complexity index is 318. The average molecular weight is 159 g/mol. The second-order valence-electron chi connectivity index (χ2n) is 3.49. The largest absolute Gasteiger partial charge is 0.260 e. The minimum absolute atomic E-state index is 0.258. The summed E-state index contributed by atoms with van der Waals surface area (Å²) in [4.78, 5) is 4.24. The lowest BCUT2D eigenvalue weighted by Gasteiger charge is -2.16. The monoisotopic (exact) mass is 159 g/mol. The zero-order valence-corrected chi connectivity index (χ0v) is 7.76. The van der Waals surface area contributed by atoms with Crippen molar-refractivity contribution in [3.63, 3.8) is 0 Å². The molecule has 12 heavy (non-hydrogen) atoms. The average Bonchev–Trinajstić information content (AvgIpc) is 2.05. The fraction of sp³-hybridized carbons (Fsp3) is 0.364. The molecular formula is C11H13N. The molecule has 0 aliphatic rings. The summed E-state index contributed by atoms with van der Waals surface area (Å²) in [5, 5.41) is 0. The Kier molecular flexibility index (Phi) is 2.19. The number of hydrogen-bond donors (Lipinski definition) is 0. The van der Waals surface area contributed by atoms with Gasteiger partial charge in [-0.05, 0) is 38.5 Å². The summed E-state index contributed by atoms with van der Waals surface area (Å²) in [5.41, 5.74) is 1.90. The van der Waals surface area contributed by atoms with Crippen LogP contribution >= 0.6 is 0 Å². The smallest absolute Gasteiger partial charge is 0.0675 e. The molecule has 1 rings (SSSR count). The van der Waals surface area contributed by atoms with Crippen LogP contribution in [0.1, 0.15) is 25.1 Å². The number of nitrogens with zero attached hydrogens (tertiary/aromatic N) is 1.